The van der Waals surface area contributed by atoms with Crippen LogP contribution in [0.3, 0.4) is 0 Å². The van der Waals surface area contributed by atoms with Gasteiger partial charge in [-0.05, 0) is 49.7 Å². The molecule has 0 aromatic heterocycles. The number of hydrogen-bond acceptors (Lipinski definition) is 2. The topological polar surface area (TPSA) is 41.1 Å². The fourth-order valence-electron chi connectivity index (χ4n) is 1.90. The summed E-state index contributed by atoms with van der Waals surface area (Å²) in [5.41, 5.74) is 0.860. The minimum absolute atomic E-state index is 0.107. The van der Waals surface area contributed by atoms with E-state index >= 15 is 0 Å². The van der Waals surface area contributed by atoms with E-state index in [2.05, 4.69) is 26.6 Å². The molecule has 1 fully saturated rings. The first-order chi connectivity index (χ1) is 7.74. The van der Waals surface area contributed by atoms with Crippen molar-refractivity contribution in [2.45, 2.75) is 12.8 Å². The number of anilines is 1. The summed E-state index contributed by atoms with van der Waals surface area (Å²) in [6.07, 6.45) is 1.72. The van der Waals surface area contributed by atoms with Crippen LogP contribution in [-0.4, -0.2) is 19.0 Å². The molecule has 1 saturated heterocycles. The molecule has 1 aromatic carbocycles. The van der Waals surface area contributed by atoms with Crippen molar-refractivity contribution in [3.63, 3.8) is 0 Å². The smallest absolute Gasteiger partial charge is 0.224 e. The Morgan fingerprint density at radius 3 is 2.81 bits per heavy atom. The molecule has 0 spiro atoms. The van der Waals surface area contributed by atoms with Gasteiger partial charge in [0.15, 0.2) is 0 Å². The summed E-state index contributed by atoms with van der Waals surface area (Å²) in [6.45, 7) is 2.00. The number of halogens is 1. The van der Waals surface area contributed by atoms with Crippen LogP contribution in [0.4, 0.5) is 5.69 Å². The summed E-state index contributed by atoms with van der Waals surface area (Å²) in [6, 6.07) is 7.64. The summed E-state index contributed by atoms with van der Waals surface area (Å²) in [7, 11) is 0. The summed E-state index contributed by atoms with van der Waals surface area (Å²) in [4.78, 5) is 11.7. The van der Waals surface area contributed by atoms with Crippen LogP contribution >= 0.6 is 15.9 Å². The van der Waals surface area contributed by atoms with Gasteiger partial charge in [-0.3, -0.25) is 4.79 Å². The third-order valence-electron chi connectivity index (χ3n) is 2.76. The third kappa shape index (κ3) is 3.32. The molecular formula is C12H15BrN2O. The van der Waals surface area contributed by atoms with Gasteiger partial charge in [0.25, 0.3) is 0 Å². The van der Waals surface area contributed by atoms with E-state index in [9.17, 15) is 4.79 Å². The zero-order valence-electron chi connectivity index (χ0n) is 9.00. The Morgan fingerprint density at radius 2 is 2.19 bits per heavy atom. The standard InChI is InChI=1S/C12H15BrN2O/c13-10-1-3-11(4-2-10)15-12(16)7-9-5-6-14-8-9/h1-4,9,14H,5-8H2,(H,15,16). The van der Waals surface area contributed by atoms with Crippen LogP contribution in [0.15, 0.2) is 28.7 Å². The molecule has 0 saturated carbocycles. The highest BCUT2D eigenvalue weighted by molar-refractivity contribution is 9.10. The maximum Gasteiger partial charge on any atom is 0.224 e. The predicted octanol–water partition coefficient (Wildman–Crippen LogP) is 2.39. The monoisotopic (exact) mass is 282 g/mol. The van der Waals surface area contributed by atoms with Crippen LogP contribution in [-0.2, 0) is 4.79 Å². The first-order valence-corrected chi connectivity index (χ1v) is 6.29. The first-order valence-electron chi connectivity index (χ1n) is 5.50. The van der Waals surface area contributed by atoms with Crippen LogP contribution in [0, 0.1) is 5.92 Å². The van der Waals surface area contributed by atoms with Crippen molar-refractivity contribution < 1.29 is 4.79 Å². The molecule has 86 valence electrons. The molecule has 2 rings (SSSR count). The minimum Gasteiger partial charge on any atom is -0.326 e. The van der Waals surface area contributed by atoms with Crippen LogP contribution in [0.1, 0.15) is 12.8 Å². The Bertz CT molecular complexity index is 358. The second kappa shape index (κ2) is 5.46. The second-order valence-electron chi connectivity index (χ2n) is 4.12. The molecule has 1 aliphatic heterocycles. The average molecular weight is 283 g/mol. The Morgan fingerprint density at radius 1 is 1.44 bits per heavy atom. The van der Waals surface area contributed by atoms with Gasteiger partial charge in [0.1, 0.15) is 0 Å². The van der Waals surface area contributed by atoms with E-state index in [0.717, 1.165) is 29.7 Å². The molecule has 1 amide bonds. The van der Waals surface area contributed by atoms with E-state index in [1.165, 1.54) is 0 Å². The molecular weight excluding hydrogens is 268 g/mol. The summed E-state index contributed by atoms with van der Waals surface area (Å²) >= 11 is 3.36. The van der Waals surface area contributed by atoms with Crippen molar-refractivity contribution in [3.8, 4) is 0 Å². The highest BCUT2D eigenvalue weighted by Crippen LogP contribution is 2.16. The normalized spacial score (nSPS) is 19.7. The summed E-state index contributed by atoms with van der Waals surface area (Å²) in [5.74, 6) is 0.603. The number of nitrogens with one attached hydrogen (secondary N) is 2. The zero-order valence-corrected chi connectivity index (χ0v) is 10.6. The Labute approximate surface area is 104 Å². The van der Waals surface area contributed by atoms with Crippen molar-refractivity contribution in [1.82, 2.24) is 5.32 Å². The van der Waals surface area contributed by atoms with E-state index in [1.54, 1.807) is 0 Å². The second-order valence-corrected chi connectivity index (χ2v) is 5.03. The zero-order chi connectivity index (χ0) is 11.4. The van der Waals surface area contributed by atoms with E-state index in [1.807, 2.05) is 24.3 Å². The van der Waals surface area contributed by atoms with Crippen LogP contribution in [0.2, 0.25) is 0 Å². The van der Waals surface area contributed by atoms with E-state index in [-0.39, 0.29) is 5.91 Å². The lowest BCUT2D eigenvalue weighted by molar-refractivity contribution is -0.116. The lowest BCUT2D eigenvalue weighted by atomic mass is 10.0. The fraction of sp³-hybridized carbons (Fsp3) is 0.417. The predicted molar refractivity (Wildman–Crippen MR) is 68.4 cm³/mol. The SMILES string of the molecule is O=C(CC1CCNC1)Nc1ccc(Br)cc1. The number of rotatable bonds is 3. The highest BCUT2D eigenvalue weighted by Gasteiger charge is 2.17. The number of carbonyl (C=O) groups excluding carboxylic acids is 1. The number of hydrogen-bond donors (Lipinski definition) is 2. The van der Waals surface area contributed by atoms with Crippen molar-refractivity contribution in [3.05, 3.63) is 28.7 Å². The molecule has 0 aliphatic carbocycles. The molecule has 1 aliphatic rings. The van der Waals surface area contributed by atoms with Gasteiger partial charge < -0.3 is 10.6 Å². The lowest BCUT2D eigenvalue weighted by Crippen LogP contribution is -2.18. The molecule has 4 heteroatoms. The van der Waals surface area contributed by atoms with Crippen molar-refractivity contribution >= 4 is 27.5 Å². The highest BCUT2D eigenvalue weighted by atomic mass is 79.9. The van der Waals surface area contributed by atoms with E-state index in [0.29, 0.717) is 12.3 Å². The van der Waals surface area contributed by atoms with Crippen LogP contribution in [0.25, 0.3) is 0 Å². The van der Waals surface area contributed by atoms with Crippen LogP contribution < -0.4 is 10.6 Å². The van der Waals surface area contributed by atoms with Gasteiger partial charge in [0, 0.05) is 16.6 Å². The number of carbonyl (C=O) groups is 1. The van der Waals surface area contributed by atoms with Gasteiger partial charge in [-0.25, -0.2) is 0 Å². The molecule has 2 N–H and O–H groups in total. The van der Waals surface area contributed by atoms with Gasteiger partial charge >= 0.3 is 0 Å². The minimum atomic E-state index is 0.107. The largest absolute Gasteiger partial charge is 0.326 e. The Balaban J connectivity index is 1.84. The molecule has 1 atom stereocenters. The summed E-state index contributed by atoms with van der Waals surface area (Å²) < 4.78 is 1.02. The van der Waals surface area contributed by atoms with Crippen LogP contribution in [0.5, 0.6) is 0 Å². The first kappa shape index (κ1) is 11.6. The van der Waals surface area contributed by atoms with Gasteiger partial charge in [-0.15, -0.1) is 0 Å². The quantitative estimate of drug-likeness (QED) is 0.894. The van der Waals surface area contributed by atoms with Gasteiger partial charge in [-0.2, -0.15) is 0 Å². The van der Waals surface area contributed by atoms with E-state index in [4.69, 9.17) is 0 Å². The van der Waals surface area contributed by atoms with Gasteiger partial charge in [0.05, 0.1) is 0 Å². The fourth-order valence-corrected chi connectivity index (χ4v) is 2.16. The molecule has 1 aromatic rings. The average Bonchev–Trinajstić information content (AvgIpc) is 2.74. The van der Waals surface area contributed by atoms with Crippen molar-refractivity contribution in [2.24, 2.45) is 5.92 Å². The summed E-state index contributed by atoms with van der Waals surface area (Å²) in [5, 5.41) is 6.17. The van der Waals surface area contributed by atoms with E-state index < -0.39 is 0 Å². The maximum atomic E-state index is 11.7. The Kier molecular flexibility index (Phi) is 3.96. The van der Waals surface area contributed by atoms with Gasteiger partial charge in [-0.1, -0.05) is 15.9 Å². The maximum absolute atomic E-state index is 11.7. The van der Waals surface area contributed by atoms with Gasteiger partial charge in [0.2, 0.25) is 5.91 Å². The molecule has 0 bridgehead atoms. The van der Waals surface area contributed by atoms with Crippen molar-refractivity contribution in [1.29, 1.82) is 0 Å². The molecule has 3 nitrogen and oxygen atoms in total. The molecule has 0 radical (unpaired) electrons. The lowest BCUT2D eigenvalue weighted by Gasteiger charge is -2.09. The number of benzene rings is 1. The molecule has 1 unspecified atom stereocenters. The number of amides is 1. The van der Waals surface area contributed by atoms with Crippen molar-refractivity contribution in [2.75, 3.05) is 18.4 Å². The third-order valence-corrected chi connectivity index (χ3v) is 3.29. The Hall–Kier alpha value is -0.870. The molecule has 1 heterocycles. The molecule has 16 heavy (non-hydrogen) atoms.